The van der Waals surface area contributed by atoms with Gasteiger partial charge in [0.1, 0.15) is 0 Å². The summed E-state index contributed by atoms with van der Waals surface area (Å²) in [7, 11) is 0. The molecule has 0 aliphatic rings. The Morgan fingerprint density at radius 1 is 0.923 bits per heavy atom. The average Bonchev–Trinajstić information content (AvgIpc) is 2.66. The van der Waals surface area contributed by atoms with Crippen LogP contribution in [0.3, 0.4) is 0 Å². The van der Waals surface area contributed by atoms with Crippen LogP contribution in [0, 0.1) is 0 Å². The van der Waals surface area contributed by atoms with Crippen LogP contribution in [-0.4, -0.2) is 30.1 Å². The number of nitrogens with one attached hydrogen (secondary N) is 1. The molecule has 26 heavy (non-hydrogen) atoms. The molecule has 0 fully saturated rings. The van der Waals surface area contributed by atoms with Crippen molar-refractivity contribution in [3.8, 4) is 0 Å². The molecule has 134 valence electrons. The van der Waals surface area contributed by atoms with Crippen LogP contribution >= 0.6 is 11.8 Å². The van der Waals surface area contributed by atoms with E-state index in [0.717, 1.165) is 10.5 Å². The first-order chi connectivity index (χ1) is 12.6. The normalized spacial score (nSPS) is 10.5. The lowest BCUT2D eigenvalue weighted by Gasteiger charge is -2.04. The molecule has 2 rings (SSSR count). The van der Waals surface area contributed by atoms with Crippen LogP contribution in [0.15, 0.2) is 71.6 Å². The molecule has 2 amide bonds. The van der Waals surface area contributed by atoms with Crippen molar-refractivity contribution in [2.75, 3.05) is 12.4 Å². The highest BCUT2D eigenvalue weighted by Crippen LogP contribution is 2.17. The molecule has 5 nitrogen and oxygen atoms in total. The summed E-state index contributed by atoms with van der Waals surface area (Å²) < 4.78 is 4.81. The summed E-state index contributed by atoms with van der Waals surface area (Å²) >= 11 is 1.53. The van der Waals surface area contributed by atoms with Crippen LogP contribution in [0.1, 0.15) is 12.0 Å². The van der Waals surface area contributed by atoms with Gasteiger partial charge in [0.15, 0.2) is 6.61 Å². The van der Waals surface area contributed by atoms with Crippen molar-refractivity contribution >= 4 is 35.6 Å². The lowest BCUT2D eigenvalue weighted by molar-refractivity contribution is -0.145. The van der Waals surface area contributed by atoms with Crippen molar-refractivity contribution in [1.29, 1.82) is 0 Å². The van der Waals surface area contributed by atoms with Gasteiger partial charge in [-0.25, -0.2) is 4.79 Å². The lowest BCUT2D eigenvalue weighted by Crippen LogP contribution is -2.34. The van der Waals surface area contributed by atoms with Crippen molar-refractivity contribution in [1.82, 2.24) is 5.32 Å². The van der Waals surface area contributed by atoms with Crippen molar-refractivity contribution in [2.24, 2.45) is 0 Å². The molecule has 0 saturated carbocycles. The Labute approximate surface area is 156 Å². The van der Waals surface area contributed by atoms with Crippen molar-refractivity contribution in [3.05, 3.63) is 72.3 Å². The topological polar surface area (TPSA) is 72.5 Å². The number of ether oxygens (including phenoxy) is 1. The molecule has 0 heterocycles. The number of benzene rings is 2. The van der Waals surface area contributed by atoms with E-state index < -0.39 is 24.4 Å². The van der Waals surface area contributed by atoms with Gasteiger partial charge in [-0.15, -0.1) is 11.8 Å². The van der Waals surface area contributed by atoms with Gasteiger partial charge in [-0.2, -0.15) is 0 Å². The Morgan fingerprint density at radius 2 is 1.58 bits per heavy atom. The van der Waals surface area contributed by atoms with Gasteiger partial charge in [0.25, 0.3) is 5.91 Å². The number of esters is 1. The first-order valence-electron chi connectivity index (χ1n) is 8.04. The summed E-state index contributed by atoms with van der Waals surface area (Å²) in [5.74, 6) is -1.12. The van der Waals surface area contributed by atoms with Gasteiger partial charge >= 0.3 is 5.97 Å². The standard InChI is InChI=1S/C20H19NO4S/c22-18(13-14-26-17-9-5-2-6-10-17)21-19(23)15-25-20(24)12-11-16-7-3-1-4-8-16/h1-12H,13-15H2,(H,21,22,23). The van der Waals surface area contributed by atoms with E-state index in [0.29, 0.717) is 5.75 Å². The second kappa shape index (κ2) is 10.9. The number of rotatable bonds is 8. The van der Waals surface area contributed by atoms with Crippen LogP contribution in [-0.2, 0) is 19.1 Å². The number of hydrogen-bond donors (Lipinski definition) is 1. The molecule has 0 radical (unpaired) electrons. The van der Waals surface area contributed by atoms with E-state index in [2.05, 4.69) is 5.32 Å². The highest BCUT2D eigenvalue weighted by Gasteiger charge is 2.10. The molecule has 0 aliphatic carbocycles. The first-order valence-corrected chi connectivity index (χ1v) is 9.02. The van der Waals surface area contributed by atoms with Gasteiger partial charge in [0, 0.05) is 23.1 Å². The van der Waals surface area contributed by atoms with E-state index in [1.165, 1.54) is 17.8 Å². The zero-order valence-electron chi connectivity index (χ0n) is 14.1. The summed E-state index contributed by atoms with van der Waals surface area (Å²) in [6.07, 6.45) is 3.03. The summed E-state index contributed by atoms with van der Waals surface area (Å²) in [5.41, 5.74) is 0.847. The largest absolute Gasteiger partial charge is 0.452 e. The minimum atomic E-state index is -0.643. The van der Waals surface area contributed by atoms with Gasteiger partial charge < -0.3 is 4.74 Å². The van der Waals surface area contributed by atoms with Gasteiger partial charge in [0.2, 0.25) is 5.91 Å². The van der Waals surface area contributed by atoms with E-state index in [1.54, 1.807) is 6.08 Å². The molecule has 1 N–H and O–H groups in total. The van der Waals surface area contributed by atoms with Gasteiger partial charge in [-0.1, -0.05) is 48.5 Å². The van der Waals surface area contributed by atoms with E-state index in [-0.39, 0.29) is 6.42 Å². The van der Waals surface area contributed by atoms with Crippen molar-refractivity contribution in [3.63, 3.8) is 0 Å². The molecule has 0 aliphatic heterocycles. The van der Waals surface area contributed by atoms with Crippen LogP contribution in [0.4, 0.5) is 0 Å². The summed E-state index contributed by atoms with van der Waals surface area (Å²) in [6, 6.07) is 18.9. The van der Waals surface area contributed by atoms with Crippen molar-refractivity contribution < 1.29 is 19.1 Å². The molecular formula is C20H19NO4S. The fourth-order valence-electron chi connectivity index (χ4n) is 1.95. The minimum absolute atomic E-state index is 0.202. The molecule has 0 bridgehead atoms. The van der Waals surface area contributed by atoms with Crippen molar-refractivity contribution in [2.45, 2.75) is 11.3 Å². The zero-order chi connectivity index (χ0) is 18.6. The summed E-state index contributed by atoms with van der Waals surface area (Å²) in [5, 5.41) is 2.20. The number of amides is 2. The number of carbonyl (C=O) groups is 3. The highest BCUT2D eigenvalue weighted by molar-refractivity contribution is 7.99. The van der Waals surface area contributed by atoms with E-state index >= 15 is 0 Å². The maximum absolute atomic E-state index is 11.7. The Hall–Kier alpha value is -2.86. The van der Waals surface area contributed by atoms with Gasteiger partial charge in [0.05, 0.1) is 0 Å². The van der Waals surface area contributed by atoms with Gasteiger partial charge in [-0.05, 0) is 23.8 Å². The molecule has 0 spiro atoms. The third-order valence-electron chi connectivity index (χ3n) is 3.18. The Morgan fingerprint density at radius 3 is 2.27 bits per heavy atom. The highest BCUT2D eigenvalue weighted by atomic mass is 32.2. The van der Waals surface area contributed by atoms with E-state index in [9.17, 15) is 14.4 Å². The summed E-state index contributed by atoms with van der Waals surface area (Å²) in [4.78, 5) is 35.9. The maximum atomic E-state index is 11.7. The van der Waals surface area contributed by atoms with E-state index in [1.807, 2.05) is 60.7 Å². The van der Waals surface area contributed by atoms with E-state index in [4.69, 9.17) is 4.74 Å². The van der Waals surface area contributed by atoms with Gasteiger partial charge in [-0.3, -0.25) is 14.9 Å². The molecule has 2 aromatic rings. The molecule has 0 atom stereocenters. The van der Waals surface area contributed by atoms with Crippen LogP contribution < -0.4 is 5.32 Å². The Kier molecular flexibility index (Phi) is 8.15. The minimum Gasteiger partial charge on any atom is -0.452 e. The fraction of sp³-hybridized carbons (Fsp3) is 0.150. The molecule has 2 aromatic carbocycles. The first kappa shape index (κ1) is 19.5. The Bertz CT molecular complexity index is 760. The third-order valence-corrected chi connectivity index (χ3v) is 4.19. The Balaban J connectivity index is 1.62. The zero-order valence-corrected chi connectivity index (χ0v) is 14.9. The summed E-state index contributed by atoms with van der Waals surface area (Å²) in [6.45, 7) is -0.491. The number of hydrogen-bond acceptors (Lipinski definition) is 5. The average molecular weight is 369 g/mol. The molecule has 6 heteroatoms. The number of carbonyl (C=O) groups excluding carboxylic acids is 3. The fourth-order valence-corrected chi connectivity index (χ4v) is 2.82. The molecular weight excluding hydrogens is 350 g/mol. The molecule has 0 saturated heterocycles. The second-order valence-electron chi connectivity index (χ2n) is 5.23. The third kappa shape index (κ3) is 7.81. The van der Waals surface area contributed by atoms with Crippen LogP contribution in [0.2, 0.25) is 0 Å². The number of imide groups is 1. The maximum Gasteiger partial charge on any atom is 0.331 e. The quantitative estimate of drug-likeness (QED) is 0.440. The second-order valence-corrected chi connectivity index (χ2v) is 6.40. The smallest absolute Gasteiger partial charge is 0.331 e. The molecule has 0 unspecified atom stereocenters. The monoisotopic (exact) mass is 369 g/mol. The number of thioether (sulfide) groups is 1. The lowest BCUT2D eigenvalue weighted by atomic mass is 10.2. The van der Waals surface area contributed by atoms with Crippen LogP contribution in [0.5, 0.6) is 0 Å². The molecule has 0 aromatic heterocycles. The van der Waals surface area contributed by atoms with Crippen LogP contribution in [0.25, 0.3) is 6.08 Å². The SMILES string of the molecule is O=C(CCSc1ccccc1)NC(=O)COC(=O)C=Cc1ccccc1. The predicted octanol–water partition coefficient (Wildman–Crippen LogP) is 3.07. The predicted molar refractivity (Wildman–Crippen MR) is 101 cm³/mol.